The van der Waals surface area contributed by atoms with Crippen molar-refractivity contribution in [3.05, 3.63) is 52.6 Å². The molecule has 1 unspecified atom stereocenters. The zero-order chi connectivity index (χ0) is 18.6. The van der Waals surface area contributed by atoms with Crippen molar-refractivity contribution < 1.29 is 13.2 Å². The molecule has 1 atom stereocenters. The molecule has 6 heteroatoms. The number of hydrogen-bond donors (Lipinski definition) is 0. The molecule has 1 aromatic carbocycles. The lowest BCUT2D eigenvalue weighted by Crippen LogP contribution is -2.22. The van der Waals surface area contributed by atoms with Crippen LogP contribution in [0.15, 0.2) is 46.4 Å². The molecule has 0 aromatic heterocycles. The number of allylic oxidation sites excluding steroid dienone is 2. The van der Waals surface area contributed by atoms with Gasteiger partial charge in [0.25, 0.3) is 0 Å². The van der Waals surface area contributed by atoms with E-state index in [1.54, 1.807) is 31.2 Å². The van der Waals surface area contributed by atoms with E-state index in [1.807, 2.05) is 6.07 Å². The Morgan fingerprint density at radius 3 is 2.36 bits per heavy atom. The molecule has 25 heavy (non-hydrogen) atoms. The number of nitriles is 1. The lowest BCUT2D eigenvalue weighted by molar-refractivity contribution is -0.177. The van der Waals surface area contributed by atoms with Gasteiger partial charge in [-0.05, 0) is 55.9 Å². The first-order valence-electron chi connectivity index (χ1n) is 7.91. The molecule has 132 valence electrons. The highest BCUT2D eigenvalue weighted by molar-refractivity contribution is 6.32. The summed E-state index contributed by atoms with van der Waals surface area (Å²) in [5.41, 5.74) is 2.91. The van der Waals surface area contributed by atoms with E-state index >= 15 is 0 Å². The minimum Gasteiger partial charge on any atom is -0.253 e. The third-order valence-corrected chi connectivity index (χ3v) is 4.54. The molecule has 0 aliphatic heterocycles. The molecule has 0 N–H and O–H groups in total. The number of halogens is 4. The van der Waals surface area contributed by atoms with Crippen molar-refractivity contribution in [2.24, 2.45) is 10.9 Å². The van der Waals surface area contributed by atoms with Gasteiger partial charge in [0, 0.05) is 10.7 Å². The van der Waals surface area contributed by atoms with Crippen LogP contribution in [0.4, 0.5) is 13.2 Å². The molecule has 0 bridgehead atoms. The largest absolute Gasteiger partial charge is 0.391 e. The number of benzene rings is 1. The number of hydrogen-bond acceptors (Lipinski definition) is 2. The van der Waals surface area contributed by atoms with Gasteiger partial charge in [-0.3, -0.25) is 4.99 Å². The maximum Gasteiger partial charge on any atom is 0.391 e. The predicted molar refractivity (Wildman–Crippen MR) is 94.2 cm³/mol. The molecule has 1 saturated carbocycles. The minimum absolute atomic E-state index is 0.00332. The van der Waals surface area contributed by atoms with Gasteiger partial charge < -0.3 is 0 Å². The van der Waals surface area contributed by atoms with Gasteiger partial charge in [-0.1, -0.05) is 30.3 Å². The Morgan fingerprint density at radius 1 is 1.24 bits per heavy atom. The predicted octanol–water partition coefficient (Wildman–Crippen LogP) is 6.24. The zero-order valence-corrected chi connectivity index (χ0v) is 14.6. The van der Waals surface area contributed by atoms with Crippen LogP contribution in [0, 0.1) is 17.2 Å². The topological polar surface area (TPSA) is 36.1 Å². The van der Waals surface area contributed by atoms with Crippen LogP contribution in [0.1, 0.15) is 43.7 Å². The van der Waals surface area contributed by atoms with Gasteiger partial charge in [0.1, 0.15) is 0 Å². The number of rotatable bonds is 2. The van der Waals surface area contributed by atoms with Crippen LogP contribution in [0.25, 0.3) is 5.70 Å². The second-order valence-electron chi connectivity index (χ2n) is 6.02. The summed E-state index contributed by atoms with van der Waals surface area (Å²) in [6, 6.07) is 8.77. The van der Waals surface area contributed by atoms with E-state index in [0.29, 0.717) is 27.6 Å². The maximum atomic E-state index is 13.0. The highest BCUT2D eigenvalue weighted by Gasteiger charge is 2.40. The molecule has 1 aliphatic carbocycles. The van der Waals surface area contributed by atoms with E-state index < -0.39 is 12.1 Å². The fourth-order valence-corrected chi connectivity index (χ4v) is 3.06. The maximum absolute atomic E-state index is 13.0. The van der Waals surface area contributed by atoms with Crippen molar-refractivity contribution in [1.29, 1.82) is 5.26 Å². The number of alkyl halides is 3. The van der Waals surface area contributed by atoms with E-state index in [-0.39, 0.29) is 25.7 Å². The molecule has 0 radical (unpaired) electrons. The number of nitrogens with zero attached hydrogens (tertiary/aromatic N) is 2. The molecule has 0 heterocycles. The Labute approximate surface area is 150 Å². The quantitative estimate of drug-likeness (QED) is 0.571. The third-order valence-electron chi connectivity index (χ3n) is 4.32. The van der Waals surface area contributed by atoms with Crippen molar-refractivity contribution in [1.82, 2.24) is 0 Å². The first-order valence-corrected chi connectivity index (χ1v) is 8.29. The van der Waals surface area contributed by atoms with Crippen LogP contribution >= 0.6 is 11.6 Å². The molecule has 1 fully saturated rings. The summed E-state index contributed by atoms with van der Waals surface area (Å²) in [6.07, 6.45) is -3.73. The summed E-state index contributed by atoms with van der Waals surface area (Å²) in [6.45, 7) is 5.58. The Kier molecular flexibility index (Phi) is 6.07. The fourth-order valence-electron chi connectivity index (χ4n) is 2.86. The molecule has 0 amide bonds. The average Bonchev–Trinajstić information content (AvgIpc) is 2.77. The van der Waals surface area contributed by atoms with Crippen LogP contribution in [0.2, 0.25) is 0 Å². The molecule has 0 saturated heterocycles. The van der Waals surface area contributed by atoms with Gasteiger partial charge in [-0.2, -0.15) is 18.4 Å². The summed E-state index contributed by atoms with van der Waals surface area (Å²) in [4.78, 5) is 4.47. The molecule has 1 aliphatic rings. The zero-order valence-electron chi connectivity index (χ0n) is 13.8. The van der Waals surface area contributed by atoms with Crippen LogP contribution in [-0.4, -0.2) is 11.9 Å². The van der Waals surface area contributed by atoms with Crippen LogP contribution in [-0.2, 0) is 0 Å². The molecular formula is C19H18ClF3N2. The smallest absolute Gasteiger partial charge is 0.253 e. The normalized spacial score (nSPS) is 22.2. The monoisotopic (exact) mass is 366 g/mol. The van der Waals surface area contributed by atoms with E-state index in [9.17, 15) is 13.2 Å². The summed E-state index contributed by atoms with van der Waals surface area (Å²) < 4.78 is 39.1. The first-order chi connectivity index (χ1) is 11.7. The number of aliphatic imine (C=N–C) groups is 1. The summed E-state index contributed by atoms with van der Waals surface area (Å²) >= 11 is 6.11. The van der Waals surface area contributed by atoms with Gasteiger partial charge in [-0.25, -0.2) is 0 Å². The Morgan fingerprint density at radius 2 is 1.84 bits per heavy atom. The SMILES string of the molecule is C=C(N=C1CCC(C(F)(F)F)CC/C1=C(/C)Cl)c1ccc(C#N)cc1. The first kappa shape index (κ1) is 19.3. The minimum atomic E-state index is -4.20. The Bertz CT molecular complexity index is 748. The molecule has 1 aromatic rings. The van der Waals surface area contributed by atoms with Crippen LogP contribution in [0.3, 0.4) is 0 Å². The second-order valence-corrected chi connectivity index (χ2v) is 6.59. The molecule has 2 rings (SSSR count). The molecular weight excluding hydrogens is 349 g/mol. The summed E-state index contributed by atoms with van der Waals surface area (Å²) in [5.74, 6) is -1.34. The summed E-state index contributed by atoms with van der Waals surface area (Å²) in [5, 5.41) is 9.30. The lowest BCUT2D eigenvalue weighted by Gasteiger charge is -2.17. The van der Waals surface area contributed by atoms with Crippen molar-refractivity contribution in [2.75, 3.05) is 0 Å². The second kappa shape index (κ2) is 7.88. The molecule has 0 spiro atoms. The van der Waals surface area contributed by atoms with Gasteiger partial charge in [-0.15, -0.1) is 0 Å². The van der Waals surface area contributed by atoms with Gasteiger partial charge in [0.15, 0.2) is 0 Å². The van der Waals surface area contributed by atoms with E-state index in [4.69, 9.17) is 16.9 Å². The highest BCUT2D eigenvalue weighted by atomic mass is 35.5. The fraction of sp³-hybridized carbons (Fsp3) is 0.368. The van der Waals surface area contributed by atoms with Gasteiger partial charge in [0.05, 0.1) is 23.2 Å². The van der Waals surface area contributed by atoms with Gasteiger partial charge >= 0.3 is 6.18 Å². The highest BCUT2D eigenvalue weighted by Crippen LogP contribution is 2.38. The summed E-state index contributed by atoms with van der Waals surface area (Å²) in [7, 11) is 0. The average molecular weight is 367 g/mol. The molecule has 2 nitrogen and oxygen atoms in total. The third kappa shape index (κ3) is 4.96. The van der Waals surface area contributed by atoms with Crippen molar-refractivity contribution in [3.63, 3.8) is 0 Å². The Hall–Kier alpha value is -2.06. The van der Waals surface area contributed by atoms with Crippen molar-refractivity contribution in [3.8, 4) is 6.07 Å². The van der Waals surface area contributed by atoms with Crippen LogP contribution in [0.5, 0.6) is 0 Å². The van der Waals surface area contributed by atoms with E-state index in [0.717, 1.165) is 5.56 Å². The van der Waals surface area contributed by atoms with Crippen molar-refractivity contribution in [2.45, 2.75) is 38.8 Å². The van der Waals surface area contributed by atoms with E-state index in [1.165, 1.54) is 0 Å². The van der Waals surface area contributed by atoms with E-state index in [2.05, 4.69) is 11.6 Å². The Balaban J connectivity index is 2.29. The van der Waals surface area contributed by atoms with Crippen molar-refractivity contribution >= 4 is 23.0 Å². The standard InChI is InChI=1S/C19H18ClF3N2/c1-12(20)17-9-7-16(19(21,22)23)8-10-18(17)25-13(2)15-5-3-14(11-24)4-6-15/h3-6,16H,2,7-10H2,1H3/b17-12+,25-18?. The lowest BCUT2D eigenvalue weighted by atomic mass is 10.00. The van der Waals surface area contributed by atoms with Gasteiger partial charge in [0.2, 0.25) is 0 Å². The van der Waals surface area contributed by atoms with Crippen LogP contribution < -0.4 is 0 Å².